The normalized spacial score (nSPS) is 10.4. The number of hydrogen-bond acceptors (Lipinski definition) is 5. The number of amides is 2. The van der Waals surface area contributed by atoms with Gasteiger partial charge in [0.05, 0.1) is 12.2 Å². The number of urea groups is 1. The molecular weight excluding hydrogens is 300 g/mol. The van der Waals surface area contributed by atoms with Crippen molar-refractivity contribution in [2.75, 3.05) is 5.32 Å². The molecule has 0 saturated carbocycles. The summed E-state index contributed by atoms with van der Waals surface area (Å²) in [6.07, 6.45) is 1.45. The first-order valence-electron chi connectivity index (χ1n) is 6.62. The minimum atomic E-state index is -0.300. The molecule has 22 heavy (non-hydrogen) atoms. The zero-order valence-electron chi connectivity index (χ0n) is 11.9. The smallest absolute Gasteiger partial charge is 0.320 e. The Balaban J connectivity index is 1.58. The minimum Gasteiger partial charge on any atom is -0.331 e. The Bertz CT molecular complexity index is 767. The van der Waals surface area contributed by atoms with Crippen molar-refractivity contribution < 1.29 is 4.79 Å². The van der Waals surface area contributed by atoms with E-state index in [0.717, 1.165) is 11.3 Å². The summed E-state index contributed by atoms with van der Waals surface area (Å²) in [5.41, 5.74) is 1.86. The first kappa shape index (κ1) is 14.2. The van der Waals surface area contributed by atoms with Gasteiger partial charge in [0.2, 0.25) is 0 Å². The summed E-state index contributed by atoms with van der Waals surface area (Å²) >= 11 is 1.24. The molecule has 2 heterocycles. The molecule has 112 valence electrons. The minimum absolute atomic E-state index is 0.300. The lowest BCUT2D eigenvalue weighted by Crippen LogP contribution is -2.29. The maximum atomic E-state index is 11.9. The van der Waals surface area contributed by atoms with Crippen molar-refractivity contribution in [3.05, 3.63) is 48.5 Å². The molecule has 0 unspecified atom stereocenters. The molecule has 0 aliphatic carbocycles. The molecule has 0 atom stereocenters. The molecule has 2 amide bonds. The molecule has 0 fully saturated rings. The highest BCUT2D eigenvalue weighted by atomic mass is 32.1. The standard InChI is InChI=1S/C14H14N6OS/c1-20-12(16-9-17-20)8-15-14(21)18-13-7-11(19-22-13)10-5-3-2-4-6-10/h2-7,9H,8H2,1H3,(H2,15,18,21). The van der Waals surface area contributed by atoms with Crippen LogP contribution < -0.4 is 10.6 Å². The van der Waals surface area contributed by atoms with Crippen LogP contribution in [-0.4, -0.2) is 25.2 Å². The van der Waals surface area contributed by atoms with Crippen LogP contribution in [0.25, 0.3) is 11.3 Å². The summed E-state index contributed by atoms with van der Waals surface area (Å²) in [5, 5.41) is 10.1. The van der Waals surface area contributed by atoms with Crippen LogP contribution in [0, 0.1) is 0 Å². The number of aryl methyl sites for hydroxylation is 1. The number of hydrogen-bond donors (Lipinski definition) is 2. The van der Waals surface area contributed by atoms with Gasteiger partial charge in [-0.3, -0.25) is 10.00 Å². The van der Waals surface area contributed by atoms with Crippen molar-refractivity contribution in [2.24, 2.45) is 7.05 Å². The predicted octanol–water partition coefficient (Wildman–Crippen LogP) is 2.26. The number of aromatic nitrogens is 4. The second kappa shape index (κ2) is 6.35. The Morgan fingerprint density at radius 3 is 2.86 bits per heavy atom. The quantitative estimate of drug-likeness (QED) is 0.773. The van der Waals surface area contributed by atoms with E-state index in [4.69, 9.17) is 0 Å². The van der Waals surface area contributed by atoms with Crippen LogP contribution in [0.3, 0.4) is 0 Å². The summed E-state index contributed by atoms with van der Waals surface area (Å²) in [6, 6.07) is 11.4. The number of carbonyl (C=O) groups excluding carboxylic acids is 1. The average Bonchev–Trinajstić information content (AvgIpc) is 3.15. The Hall–Kier alpha value is -2.74. The molecule has 0 bridgehead atoms. The van der Waals surface area contributed by atoms with Crippen LogP contribution in [0.2, 0.25) is 0 Å². The van der Waals surface area contributed by atoms with E-state index in [-0.39, 0.29) is 6.03 Å². The van der Waals surface area contributed by atoms with E-state index in [9.17, 15) is 4.79 Å². The molecule has 0 saturated heterocycles. The summed E-state index contributed by atoms with van der Waals surface area (Å²) < 4.78 is 5.95. The largest absolute Gasteiger partial charge is 0.331 e. The Morgan fingerprint density at radius 2 is 2.14 bits per heavy atom. The second-order valence-electron chi connectivity index (χ2n) is 4.55. The molecule has 2 aromatic heterocycles. The molecule has 2 N–H and O–H groups in total. The van der Waals surface area contributed by atoms with Gasteiger partial charge < -0.3 is 5.32 Å². The van der Waals surface area contributed by atoms with Gasteiger partial charge in [0.25, 0.3) is 0 Å². The molecular formula is C14H14N6OS. The molecule has 0 spiro atoms. The van der Waals surface area contributed by atoms with Gasteiger partial charge in [-0.2, -0.15) is 9.47 Å². The zero-order chi connectivity index (χ0) is 15.4. The van der Waals surface area contributed by atoms with E-state index in [1.54, 1.807) is 11.7 Å². The van der Waals surface area contributed by atoms with E-state index >= 15 is 0 Å². The first-order chi connectivity index (χ1) is 10.7. The number of rotatable bonds is 4. The maximum absolute atomic E-state index is 11.9. The molecule has 7 nitrogen and oxygen atoms in total. The van der Waals surface area contributed by atoms with Gasteiger partial charge in [0.15, 0.2) is 0 Å². The van der Waals surface area contributed by atoms with Gasteiger partial charge in [-0.1, -0.05) is 30.3 Å². The van der Waals surface area contributed by atoms with Crippen molar-refractivity contribution in [2.45, 2.75) is 6.54 Å². The summed E-state index contributed by atoms with van der Waals surface area (Å²) in [4.78, 5) is 15.9. The van der Waals surface area contributed by atoms with Gasteiger partial charge in [0.1, 0.15) is 17.2 Å². The molecule has 0 radical (unpaired) electrons. The van der Waals surface area contributed by atoms with E-state index in [2.05, 4.69) is 25.1 Å². The van der Waals surface area contributed by atoms with Gasteiger partial charge in [-0.25, -0.2) is 9.78 Å². The third-order valence-corrected chi connectivity index (χ3v) is 3.73. The number of nitrogens with one attached hydrogen (secondary N) is 2. The first-order valence-corrected chi connectivity index (χ1v) is 7.39. The highest BCUT2D eigenvalue weighted by Crippen LogP contribution is 2.24. The summed E-state index contributed by atoms with van der Waals surface area (Å²) in [7, 11) is 1.78. The van der Waals surface area contributed by atoms with Crippen molar-refractivity contribution in [1.29, 1.82) is 0 Å². The lowest BCUT2D eigenvalue weighted by atomic mass is 10.2. The fraction of sp³-hybridized carbons (Fsp3) is 0.143. The molecule has 3 aromatic rings. The van der Waals surface area contributed by atoms with Crippen LogP contribution in [0.5, 0.6) is 0 Å². The zero-order valence-corrected chi connectivity index (χ0v) is 12.7. The fourth-order valence-electron chi connectivity index (χ4n) is 1.87. The topological polar surface area (TPSA) is 84.7 Å². The number of anilines is 1. The number of benzene rings is 1. The Morgan fingerprint density at radius 1 is 1.32 bits per heavy atom. The van der Waals surface area contributed by atoms with Crippen LogP contribution >= 0.6 is 11.5 Å². The molecule has 8 heteroatoms. The summed E-state index contributed by atoms with van der Waals surface area (Å²) in [5.74, 6) is 0.685. The van der Waals surface area contributed by atoms with E-state index < -0.39 is 0 Å². The van der Waals surface area contributed by atoms with E-state index in [1.807, 2.05) is 36.4 Å². The van der Waals surface area contributed by atoms with Gasteiger partial charge in [-0.05, 0) is 11.5 Å². The lowest BCUT2D eigenvalue weighted by Gasteiger charge is -2.04. The molecule has 0 aliphatic rings. The average molecular weight is 314 g/mol. The Labute approximate surface area is 131 Å². The molecule has 0 aliphatic heterocycles. The van der Waals surface area contributed by atoms with Crippen molar-refractivity contribution in [3.63, 3.8) is 0 Å². The van der Waals surface area contributed by atoms with E-state index in [0.29, 0.717) is 17.4 Å². The van der Waals surface area contributed by atoms with Crippen molar-refractivity contribution in [3.8, 4) is 11.3 Å². The van der Waals surface area contributed by atoms with Crippen molar-refractivity contribution in [1.82, 2.24) is 24.5 Å². The van der Waals surface area contributed by atoms with Gasteiger partial charge in [0, 0.05) is 18.7 Å². The van der Waals surface area contributed by atoms with Crippen LogP contribution in [0.15, 0.2) is 42.7 Å². The van der Waals surface area contributed by atoms with Crippen LogP contribution in [0.1, 0.15) is 5.82 Å². The maximum Gasteiger partial charge on any atom is 0.320 e. The third-order valence-electron chi connectivity index (χ3n) is 3.03. The number of carbonyl (C=O) groups is 1. The SMILES string of the molecule is Cn1ncnc1CNC(=O)Nc1cc(-c2ccccc2)ns1. The third kappa shape index (κ3) is 3.29. The van der Waals surface area contributed by atoms with Crippen molar-refractivity contribution >= 4 is 22.6 Å². The highest BCUT2D eigenvalue weighted by Gasteiger charge is 2.08. The highest BCUT2D eigenvalue weighted by molar-refractivity contribution is 7.10. The Kier molecular flexibility index (Phi) is 4.10. The van der Waals surface area contributed by atoms with Crippen LogP contribution in [-0.2, 0) is 13.6 Å². The van der Waals surface area contributed by atoms with Gasteiger partial charge >= 0.3 is 6.03 Å². The monoisotopic (exact) mass is 314 g/mol. The lowest BCUT2D eigenvalue weighted by molar-refractivity contribution is 0.251. The molecule has 1 aromatic carbocycles. The fourth-order valence-corrected chi connectivity index (χ4v) is 2.53. The predicted molar refractivity (Wildman–Crippen MR) is 84.4 cm³/mol. The molecule has 3 rings (SSSR count). The summed E-state index contributed by atoms with van der Waals surface area (Å²) in [6.45, 7) is 0.312. The van der Waals surface area contributed by atoms with Gasteiger partial charge in [-0.15, -0.1) is 0 Å². The number of nitrogens with zero attached hydrogens (tertiary/aromatic N) is 4. The van der Waals surface area contributed by atoms with E-state index in [1.165, 1.54) is 17.9 Å². The van der Waals surface area contributed by atoms with Crippen LogP contribution in [0.4, 0.5) is 9.80 Å². The second-order valence-corrected chi connectivity index (χ2v) is 5.35.